The Bertz CT molecular complexity index is 1320. The Kier molecular flexibility index (Phi) is 5.01. The summed E-state index contributed by atoms with van der Waals surface area (Å²) >= 11 is 0. The highest BCUT2D eigenvalue weighted by atomic mass is 16.5. The molecule has 1 atom stereocenters. The molecule has 0 aliphatic carbocycles. The molecule has 2 aromatic carbocycles. The van der Waals surface area contributed by atoms with Crippen molar-refractivity contribution < 1.29 is 24.5 Å². The molecule has 31 heavy (non-hydrogen) atoms. The molecule has 160 valence electrons. The van der Waals surface area contributed by atoms with Gasteiger partial charge in [0.1, 0.15) is 45.8 Å². The Hall–Kier alpha value is -3.67. The molecule has 0 amide bonds. The molecule has 0 saturated carbocycles. The second kappa shape index (κ2) is 7.54. The van der Waals surface area contributed by atoms with Crippen molar-refractivity contribution in [2.24, 2.45) is 0 Å². The molecule has 0 saturated heterocycles. The fourth-order valence-corrected chi connectivity index (χ4v) is 3.77. The molecule has 1 aromatic heterocycles. The van der Waals surface area contributed by atoms with Crippen LogP contribution in [0.5, 0.6) is 23.0 Å². The summed E-state index contributed by atoms with van der Waals surface area (Å²) in [6, 6.07) is 5.75. The van der Waals surface area contributed by atoms with Crippen LogP contribution < -0.4 is 10.2 Å². The van der Waals surface area contributed by atoms with E-state index in [9.17, 15) is 20.1 Å². The van der Waals surface area contributed by atoms with Crippen LogP contribution >= 0.6 is 0 Å². The highest BCUT2D eigenvalue weighted by molar-refractivity contribution is 5.91. The molecule has 6 heteroatoms. The molecular weight excluding hydrogens is 396 g/mol. The zero-order valence-electron chi connectivity index (χ0n) is 17.8. The molecule has 4 rings (SSSR count). The van der Waals surface area contributed by atoms with Gasteiger partial charge in [0.2, 0.25) is 5.43 Å². The van der Waals surface area contributed by atoms with Crippen molar-refractivity contribution >= 4 is 11.0 Å². The minimum Gasteiger partial charge on any atom is -0.508 e. The van der Waals surface area contributed by atoms with Gasteiger partial charge in [0.05, 0.1) is 11.1 Å². The van der Waals surface area contributed by atoms with Crippen LogP contribution in [-0.2, 0) is 6.42 Å². The fraction of sp³-hybridized carbons (Fsp3) is 0.240. The molecule has 0 unspecified atom stereocenters. The number of allylic oxidation sites excluding steroid dienone is 3. The summed E-state index contributed by atoms with van der Waals surface area (Å²) in [6.07, 6.45) is 3.29. The smallest absolute Gasteiger partial charge is 0.204 e. The summed E-state index contributed by atoms with van der Waals surface area (Å²) in [5.74, 6) is 0.208. The van der Waals surface area contributed by atoms with Gasteiger partial charge in [0, 0.05) is 17.7 Å². The van der Waals surface area contributed by atoms with E-state index in [1.165, 1.54) is 18.2 Å². The van der Waals surface area contributed by atoms with Crippen LogP contribution in [0, 0.1) is 0 Å². The van der Waals surface area contributed by atoms with Gasteiger partial charge in [-0.1, -0.05) is 17.2 Å². The minimum atomic E-state index is -0.746. The van der Waals surface area contributed by atoms with Crippen LogP contribution in [0.3, 0.4) is 0 Å². The maximum atomic E-state index is 13.6. The zero-order valence-corrected chi connectivity index (χ0v) is 17.8. The first kappa shape index (κ1) is 20.6. The van der Waals surface area contributed by atoms with Crippen molar-refractivity contribution in [1.29, 1.82) is 0 Å². The van der Waals surface area contributed by atoms with E-state index in [1.807, 2.05) is 33.8 Å². The topological polar surface area (TPSA) is 100 Å². The van der Waals surface area contributed by atoms with Crippen molar-refractivity contribution in [3.05, 3.63) is 68.9 Å². The number of rotatable bonds is 3. The molecule has 2 heterocycles. The second-order valence-corrected chi connectivity index (χ2v) is 8.22. The summed E-state index contributed by atoms with van der Waals surface area (Å²) in [4.78, 5) is 13.6. The van der Waals surface area contributed by atoms with E-state index in [2.05, 4.69) is 0 Å². The average Bonchev–Trinajstić information content (AvgIpc) is 2.66. The third-order valence-electron chi connectivity index (χ3n) is 5.21. The number of phenolic OH excluding ortho intramolecular Hbond substituents is 3. The predicted molar refractivity (Wildman–Crippen MR) is 119 cm³/mol. The number of fused-ring (bicyclic) bond motifs is 4. The van der Waals surface area contributed by atoms with E-state index >= 15 is 0 Å². The normalized spacial score (nSPS) is 14.4. The largest absolute Gasteiger partial charge is 0.508 e. The summed E-state index contributed by atoms with van der Waals surface area (Å²) in [7, 11) is 0. The van der Waals surface area contributed by atoms with E-state index in [4.69, 9.17) is 9.15 Å². The van der Waals surface area contributed by atoms with Crippen LogP contribution in [0.1, 0.15) is 44.9 Å². The van der Waals surface area contributed by atoms with Gasteiger partial charge < -0.3 is 24.5 Å². The van der Waals surface area contributed by atoms with Gasteiger partial charge in [0.25, 0.3) is 0 Å². The summed E-state index contributed by atoms with van der Waals surface area (Å²) in [5.41, 5.74) is 2.88. The summed E-state index contributed by atoms with van der Waals surface area (Å²) in [6.45, 7) is 7.64. The Morgan fingerprint density at radius 2 is 1.77 bits per heavy atom. The lowest BCUT2D eigenvalue weighted by Crippen LogP contribution is -2.22. The Labute approximate surface area is 179 Å². The zero-order chi connectivity index (χ0) is 22.4. The lowest BCUT2D eigenvalue weighted by molar-refractivity contribution is 0.243. The first-order chi connectivity index (χ1) is 14.7. The first-order valence-corrected chi connectivity index (χ1v) is 10.00. The van der Waals surface area contributed by atoms with Gasteiger partial charge in [-0.15, -0.1) is 0 Å². The molecule has 3 aromatic rings. The fourth-order valence-electron chi connectivity index (χ4n) is 3.77. The molecular formula is C25H24O6. The molecule has 1 aliphatic rings. The Morgan fingerprint density at radius 1 is 1.03 bits per heavy atom. The number of hydrogen-bond acceptors (Lipinski definition) is 6. The van der Waals surface area contributed by atoms with E-state index < -0.39 is 11.5 Å². The third-order valence-corrected chi connectivity index (χ3v) is 5.21. The van der Waals surface area contributed by atoms with Crippen LogP contribution in [0.25, 0.3) is 22.3 Å². The number of aromatic hydroxyl groups is 3. The molecule has 0 radical (unpaired) electrons. The number of hydrogen-bond donors (Lipinski definition) is 3. The second-order valence-electron chi connectivity index (χ2n) is 8.22. The number of phenols is 3. The van der Waals surface area contributed by atoms with Gasteiger partial charge in [-0.3, -0.25) is 4.79 Å². The van der Waals surface area contributed by atoms with Crippen molar-refractivity contribution in [2.45, 2.75) is 40.2 Å². The maximum Gasteiger partial charge on any atom is 0.204 e. The molecule has 0 spiro atoms. The quantitative estimate of drug-likeness (QED) is 0.485. The van der Waals surface area contributed by atoms with Gasteiger partial charge in [-0.05, 0) is 52.3 Å². The SMILES string of the molecule is CC(C)=CCc1c(O)cc(O)c2c(=O)c3c(oc12)-c1ccc(O)cc1O[C@H]3C=C(C)C. The van der Waals surface area contributed by atoms with Crippen LogP contribution in [0.2, 0.25) is 0 Å². The lowest BCUT2D eigenvalue weighted by atomic mass is 9.94. The standard InChI is InChI=1S/C25H24O6/c1-12(2)5-7-15-17(27)11-18(28)21-23(29)22-20(9-13(3)4)30-19-10-14(26)6-8-16(19)25(22)31-24(15)21/h5-6,8-11,20,26-28H,7H2,1-4H3/t20-/m0/s1. The Morgan fingerprint density at radius 3 is 2.45 bits per heavy atom. The molecule has 6 nitrogen and oxygen atoms in total. The van der Waals surface area contributed by atoms with Crippen LogP contribution in [0.4, 0.5) is 0 Å². The molecule has 0 fully saturated rings. The van der Waals surface area contributed by atoms with Gasteiger partial charge in [-0.2, -0.15) is 0 Å². The summed E-state index contributed by atoms with van der Waals surface area (Å²) < 4.78 is 12.2. The van der Waals surface area contributed by atoms with Gasteiger partial charge in [-0.25, -0.2) is 0 Å². The summed E-state index contributed by atoms with van der Waals surface area (Å²) in [5, 5.41) is 30.9. The third kappa shape index (κ3) is 3.54. The van der Waals surface area contributed by atoms with E-state index in [0.29, 0.717) is 29.1 Å². The highest BCUT2D eigenvalue weighted by Gasteiger charge is 2.32. The minimum absolute atomic E-state index is 0.00619. The van der Waals surface area contributed by atoms with Crippen LogP contribution in [-0.4, -0.2) is 15.3 Å². The highest BCUT2D eigenvalue weighted by Crippen LogP contribution is 2.46. The van der Waals surface area contributed by atoms with Crippen molar-refractivity contribution in [1.82, 2.24) is 0 Å². The van der Waals surface area contributed by atoms with E-state index in [0.717, 1.165) is 11.1 Å². The number of benzene rings is 2. The first-order valence-electron chi connectivity index (χ1n) is 10.00. The Balaban J connectivity index is 2.13. The predicted octanol–water partition coefficient (Wildman–Crippen LogP) is 5.49. The van der Waals surface area contributed by atoms with Crippen molar-refractivity contribution in [3.63, 3.8) is 0 Å². The monoisotopic (exact) mass is 420 g/mol. The molecule has 1 aliphatic heterocycles. The van der Waals surface area contributed by atoms with E-state index in [1.54, 1.807) is 12.1 Å². The molecule has 0 bridgehead atoms. The average molecular weight is 420 g/mol. The van der Waals surface area contributed by atoms with Gasteiger partial charge >= 0.3 is 0 Å². The van der Waals surface area contributed by atoms with E-state index in [-0.39, 0.29) is 33.8 Å². The number of ether oxygens (including phenoxy) is 1. The van der Waals surface area contributed by atoms with Crippen molar-refractivity contribution in [3.8, 4) is 34.3 Å². The van der Waals surface area contributed by atoms with Crippen molar-refractivity contribution in [2.75, 3.05) is 0 Å². The van der Waals surface area contributed by atoms with Crippen LogP contribution in [0.15, 0.2) is 56.8 Å². The molecule has 3 N–H and O–H groups in total. The maximum absolute atomic E-state index is 13.6. The lowest BCUT2D eigenvalue weighted by Gasteiger charge is -2.26. The van der Waals surface area contributed by atoms with Gasteiger partial charge in [0.15, 0.2) is 0 Å².